The summed E-state index contributed by atoms with van der Waals surface area (Å²) in [5, 5.41) is 0.963. The van der Waals surface area contributed by atoms with E-state index in [1.807, 2.05) is 31.2 Å². The molecular weight excluding hydrogens is 430 g/mol. The Kier molecular flexibility index (Phi) is 4.94. The first-order valence-corrected chi connectivity index (χ1v) is 11.3. The topological polar surface area (TPSA) is 81.1 Å². The van der Waals surface area contributed by atoms with Crippen LogP contribution in [0.5, 0.6) is 0 Å². The Morgan fingerprint density at radius 1 is 1.07 bits per heavy atom. The van der Waals surface area contributed by atoms with Crippen molar-refractivity contribution < 1.29 is 8.42 Å². The summed E-state index contributed by atoms with van der Waals surface area (Å²) in [6.07, 6.45) is 0. The lowest BCUT2D eigenvalue weighted by atomic mass is 10.1. The lowest BCUT2D eigenvalue weighted by Crippen LogP contribution is -2.36. The molecule has 1 N–H and O–H groups in total. The van der Waals surface area contributed by atoms with Gasteiger partial charge in [-0.2, -0.15) is 8.42 Å². The first-order valence-electron chi connectivity index (χ1n) is 8.64. The fraction of sp³-hybridized carbons (Fsp3) is 0.100. The number of sulfonamides is 1. The fourth-order valence-corrected chi connectivity index (χ4v) is 5.03. The summed E-state index contributed by atoms with van der Waals surface area (Å²) in [6.45, 7) is 3.50. The zero-order valence-electron chi connectivity index (χ0n) is 15.5. The third kappa shape index (κ3) is 3.66. The number of halogens is 1. The van der Waals surface area contributed by atoms with Gasteiger partial charge in [-0.15, -0.1) is 11.3 Å². The SMILES string of the molecule is Cc1cc(-c2nc3ccccc3s2)c(=O)n(NS(=O)(=O)c2ccc(Cl)cc2)c1C. The molecule has 0 aliphatic heterocycles. The van der Waals surface area contributed by atoms with E-state index in [9.17, 15) is 13.2 Å². The summed E-state index contributed by atoms with van der Waals surface area (Å²) in [7, 11) is -3.98. The number of aromatic nitrogens is 2. The van der Waals surface area contributed by atoms with Gasteiger partial charge in [-0.05, 0) is 61.9 Å². The van der Waals surface area contributed by atoms with Crippen LogP contribution in [0.3, 0.4) is 0 Å². The highest BCUT2D eigenvalue weighted by Gasteiger charge is 2.20. The number of nitrogens with one attached hydrogen (secondary N) is 1. The Bertz CT molecular complexity index is 1360. The Morgan fingerprint density at radius 3 is 2.45 bits per heavy atom. The van der Waals surface area contributed by atoms with Gasteiger partial charge in [-0.25, -0.2) is 14.5 Å². The molecule has 0 fully saturated rings. The average Bonchev–Trinajstić information content (AvgIpc) is 3.12. The second kappa shape index (κ2) is 7.29. The Hall–Kier alpha value is -2.68. The van der Waals surface area contributed by atoms with Crippen molar-refractivity contribution in [1.82, 2.24) is 9.66 Å². The first-order chi connectivity index (χ1) is 13.8. The maximum absolute atomic E-state index is 13.2. The van der Waals surface area contributed by atoms with Gasteiger partial charge in [0.15, 0.2) is 0 Å². The van der Waals surface area contributed by atoms with E-state index < -0.39 is 15.6 Å². The number of rotatable bonds is 4. The molecule has 0 atom stereocenters. The van der Waals surface area contributed by atoms with Crippen molar-refractivity contribution in [3.05, 3.63) is 81.2 Å². The van der Waals surface area contributed by atoms with Crippen molar-refractivity contribution in [2.45, 2.75) is 18.7 Å². The molecule has 0 radical (unpaired) electrons. The van der Waals surface area contributed by atoms with Gasteiger partial charge >= 0.3 is 0 Å². The minimum atomic E-state index is -3.98. The molecule has 29 heavy (non-hydrogen) atoms. The van der Waals surface area contributed by atoms with Crippen LogP contribution in [0.25, 0.3) is 20.8 Å². The third-order valence-corrected chi connectivity index (χ3v) is 7.20. The second-order valence-corrected chi connectivity index (χ2v) is 9.63. The quantitative estimate of drug-likeness (QED) is 0.507. The Balaban J connectivity index is 1.84. The van der Waals surface area contributed by atoms with E-state index in [4.69, 9.17) is 11.6 Å². The van der Waals surface area contributed by atoms with Gasteiger partial charge in [0, 0.05) is 10.7 Å². The van der Waals surface area contributed by atoms with Gasteiger partial charge in [-0.3, -0.25) is 4.79 Å². The minimum absolute atomic E-state index is 0.0104. The van der Waals surface area contributed by atoms with Crippen molar-refractivity contribution in [3.63, 3.8) is 0 Å². The van der Waals surface area contributed by atoms with Crippen molar-refractivity contribution in [2.24, 2.45) is 0 Å². The van der Waals surface area contributed by atoms with Gasteiger partial charge in [0.25, 0.3) is 15.6 Å². The van der Waals surface area contributed by atoms with E-state index in [-0.39, 0.29) is 4.90 Å². The molecule has 0 bridgehead atoms. The summed E-state index contributed by atoms with van der Waals surface area (Å²) >= 11 is 7.23. The van der Waals surface area contributed by atoms with Crippen LogP contribution >= 0.6 is 22.9 Å². The van der Waals surface area contributed by atoms with Crippen LogP contribution < -0.4 is 10.4 Å². The van der Waals surface area contributed by atoms with E-state index in [1.54, 1.807) is 13.0 Å². The van der Waals surface area contributed by atoms with Crippen LogP contribution in [0.2, 0.25) is 5.02 Å². The lowest BCUT2D eigenvalue weighted by Gasteiger charge is -2.16. The number of pyridine rings is 1. The van der Waals surface area contributed by atoms with Crippen LogP contribution in [0, 0.1) is 13.8 Å². The number of benzene rings is 2. The van der Waals surface area contributed by atoms with Crippen LogP contribution in [0.4, 0.5) is 0 Å². The molecule has 4 rings (SSSR count). The van der Waals surface area contributed by atoms with Gasteiger partial charge in [0.1, 0.15) is 5.01 Å². The van der Waals surface area contributed by atoms with E-state index >= 15 is 0 Å². The highest BCUT2D eigenvalue weighted by atomic mass is 35.5. The van der Waals surface area contributed by atoms with Crippen molar-refractivity contribution >= 4 is 43.2 Å². The van der Waals surface area contributed by atoms with Gasteiger partial charge < -0.3 is 0 Å². The molecule has 0 aliphatic rings. The Labute approximate surface area is 176 Å². The maximum atomic E-state index is 13.2. The van der Waals surface area contributed by atoms with Crippen LogP contribution in [-0.4, -0.2) is 18.1 Å². The number of thiazole rings is 1. The molecule has 2 aromatic carbocycles. The van der Waals surface area contributed by atoms with Gasteiger partial charge in [-0.1, -0.05) is 23.7 Å². The molecule has 4 aromatic rings. The molecule has 0 amide bonds. The fourth-order valence-electron chi connectivity index (χ4n) is 2.87. The lowest BCUT2D eigenvalue weighted by molar-refractivity contribution is 0.593. The van der Waals surface area contributed by atoms with Crippen molar-refractivity contribution in [1.29, 1.82) is 0 Å². The summed E-state index contributed by atoms with van der Waals surface area (Å²) in [5.74, 6) is 0. The number of hydrogen-bond donors (Lipinski definition) is 1. The standard InChI is InChI=1S/C20H16ClN3O3S2/c1-12-11-16(19-22-17-5-3-4-6-18(17)28-19)20(25)24(13(12)2)23-29(26,27)15-9-7-14(21)8-10-15/h3-11,23H,1-2H3. The monoisotopic (exact) mass is 445 g/mol. The third-order valence-electron chi connectivity index (χ3n) is 4.56. The molecule has 0 spiro atoms. The van der Waals surface area contributed by atoms with Gasteiger partial charge in [0.2, 0.25) is 0 Å². The number of nitrogens with zero attached hydrogens (tertiary/aromatic N) is 2. The van der Waals surface area contributed by atoms with Crippen molar-refractivity contribution in [2.75, 3.05) is 4.83 Å². The van der Waals surface area contributed by atoms with Crippen LogP contribution in [-0.2, 0) is 10.0 Å². The summed E-state index contributed by atoms with van der Waals surface area (Å²) in [4.78, 5) is 20.1. The molecule has 6 nitrogen and oxygen atoms in total. The first kappa shape index (κ1) is 19.6. The molecule has 0 saturated carbocycles. The highest BCUT2D eigenvalue weighted by Crippen LogP contribution is 2.29. The van der Waals surface area contributed by atoms with Gasteiger partial charge in [0.05, 0.1) is 20.7 Å². The second-order valence-electron chi connectivity index (χ2n) is 6.50. The normalized spacial score (nSPS) is 11.7. The molecule has 0 unspecified atom stereocenters. The number of aryl methyl sites for hydroxylation is 1. The summed E-state index contributed by atoms with van der Waals surface area (Å²) in [6, 6.07) is 15.1. The molecular formula is C20H16ClN3O3S2. The predicted molar refractivity (Wildman–Crippen MR) is 117 cm³/mol. The summed E-state index contributed by atoms with van der Waals surface area (Å²) < 4.78 is 27.6. The molecule has 0 saturated heterocycles. The average molecular weight is 446 g/mol. The van der Waals surface area contributed by atoms with Crippen LogP contribution in [0.1, 0.15) is 11.3 Å². The largest absolute Gasteiger partial charge is 0.280 e. The van der Waals surface area contributed by atoms with Crippen molar-refractivity contribution in [3.8, 4) is 10.6 Å². The number of hydrogen-bond acceptors (Lipinski definition) is 5. The van der Waals surface area contributed by atoms with Crippen LogP contribution in [0.15, 0.2) is 64.3 Å². The Morgan fingerprint density at radius 2 is 1.76 bits per heavy atom. The summed E-state index contributed by atoms with van der Waals surface area (Å²) in [5.41, 5.74) is 1.91. The zero-order valence-corrected chi connectivity index (χ0v) is 17.9. The van der Waals surface area contributed by atoms with E-state index in [1.165, 1.54) is 35.6 Å². The highest BCUT2D eigenvalue weighted by molar-refractivity contribution is 7.92. The molecule has 2 heterocycles. The van der Waals surface area contributed by atoms with E-state index in [0.717, 1.165) is 20.5 Å². The predicted octanol–water partition coefficient (Wildman–Crippen LogP) is 4.33. The number of para-hydroxylation sites is 1. The minimum Gasteiger partial charge on any atom is -0.267 e. The molecule has 0 aliphatic carbocycles. The number of fused-ring (bicyclic) bond motifs is 1. The van der Waals surface area contributed by atoms with E-state index in [2.05, 4.69) is 9.82 Å². The molecule has 9 heteroatoms. The zero-order chi connectivity index (χ0) is 20.8. The van der Waals surface area contributed by atoms with E-state index in [0.29, 0.717) is 21.3 Å². The molecule has 148 valence electrons. The molecule has 2 aromatic heterocycles. The maximum Gasteiger partial charge on any atom is 0.280 e. The smallest absolute Gasteiger partial charge is 0.267 e.